The summed E-state index contributed by atoms with van der Waals surface area (Å²) in [6.07, 6.45) is 2.14. The van der Waals surface area contributed by atoms with Crippen LogP contribution in [0.1, 0.15) is 42.1 Å². The van der Waals surface area contributed by atoms with Crippen LogP contribution in [0.4, 0.5) is 5.69 Å². The summed E-state index contributed by atoms with van der Waals surface area (Å²) < 4.78 is 0. The lowest BCUT2D eigenvalue weighted by Gasteiger charge is -2.35. The Hall–Kier alpha value is -2.90. The summed E-state index contributed by atoms with van der Waals surface area (Å²) in [6.45, 7) is 5.39. The number of rotatable bonds is 7. The fraction of sp³-hybridized carbons (Fsp3) is 0.440. The predicted molar refractivity (Wildman–Crippen MR) is 125 cm³/mol. The Balaban J connectivity index is 1.39. The second kappa shape index (κ2) is 9.30. The van der Waals surface area contributed by atoms with Crippen LogP contribution in [0, 0.1) is 0 Å². The number of nitrogens with zero attached hydrogens (tertiary/aromatic N) is 2. The first kappa shape index (κ1) is 22.3. The van der Waals surface area contributed by atoms with Crippen LogP contribution < -0.4 is 11.1 Å². The van der Waals surface area contributed by atoms with Crippen LogP contribution in [0.15, 0.2) is 42.5 Å². The summed E-state index contributed by atoms with van der Waals surface area (Å²) in [5.41, 5.74) is 9.67. The summed E-state index contributed by atoms with van der Waals surface area (Å²) in [6, 6.07) is 13.9. The average Bonchev–Trinajstić information content (AvgIpc) is 3.60. The summed E-state index contributed by atoms with van der Waals surface area (Å²) in [4.78, 5) is 28.7. The molecule has 1 saturated heterocycles. The van der Waals surface area contributed by atoms with Crippen LogP contribution in [-0.2, 0) is 11.3 Å². The molecule has 0 atom stereocenters. The summed E-state index contributed by atoms with van der Waals surface area (Å²) in [5, 5.41) is 13.4. The highest BCUT2D eigenvalue weighted by Gasteiger charge is 2.50. The Labute approximate surface area is 189 Å². The van der Waals surface area contributed by atoms with Crippen molar-refractivity contribution in [2.24, 2.45) is 5.73 Å². The molecule has 7 nitrogen and oxygen atoms in total. The third-order valence-corrected chi connectivity index (χ3v) is 6.33. The van der Waals surface area contributed by atoms with Gasteiger partial charge in [-0.3, -0.25) is 9.59 Å². The molecule has 32 heavy (non-hydrogen) atoms. The minimum Gasteiger partial charge on any atom is -0.385 e. The molecule has 7 heteroatoms. The lowest BCUT2D eigenvalue weighted by molar-refractivity contribution is -0.143. The van der Waals surface area contributed by atoms with Gasteiger partial charge in [0, 0.05) is 50.5 Å². The molecule has 2 amide bonds. The molecule has 1 aliphatic carbocycles. The maximum Gasteiger partial charge on any atom is 0.254 e. The highest BCUT2D eigenvalue weighted by Crippen LogP contribution is 2.37. The van der Waals surface area contributed by atoms with Gasteiger partial charge in [-0.2, -0.15) is 0 Å². The van der Waals surface area contributed by atoms with E-state index in [9.17, 15) is 14.7 Å². The molecule has 4 rings (SSSR count). The van der Waals surface area contributed by atoms with Crippen molar-refractivity contribution in [2.45, 2.75) is 38.3 Å². The van der Waals surface area contributed by atoms with Crippen molar-refractivity contribution >= 4 is 17.5 Å². The van der Waals surface area contributed by atoms with E-state index >= 15 is 0 Å². The Morgan fingerprint density at radius 2 is 1.62 bits per heavy atom. The van der Waals surface area contributed by atoms with E-state index in [1.165, 1.54) is 0 Å². The maximum absolute atomic E-state index is 12.9. The molecule has 0 unspecified atom stereocenters. The van der Waals surface area contributed by atoms with E-state index in [1.54, 1.807) is 9.80 Å². The number of anilines is 1. The van der Waals surface area contributed by atoms with E-state index in [2.05, 4.69) is 30.4 Å². The fourth-order valence-corrected chi connectivity index (χ4v) is 4.10. The predicted octanol–water partition coefficient (Wildman–Crippen LogP) is 2.44. The van der Waals surface area contributed by atoms with Gasteiger partial charge in [-0.25, -0.2) is 0 Å². The summed E-state index contributed by atoms with van der Waals surface area (Å²) >= 11 is 0. The fourth-order valence-electron chi connectivity index (χ4n) is 4.10. The van der Waals surface area contributed by atoms with E-state index in [0.29, 0.717) is 51.1 Å². The number of carbonyl (C=O) groups excluding carboxylic acids is 2. The van der Waals surface area contributed by atoms with Crippen molar-refractivity contribution < 1.29 is 14.7 Å². The van der Waals surface area contributed by atoms with E-state index in [-0.39, 0.29) is 11.8 Å². The van der Waals surface area contributed by atoms with Crippen molar-refractivity contribution in [3.63, 3.8) is 0 Å². The molecule has 2 aliphatic rings. The number of amides is 2. The molecule has 0 bridgehead atoms. The van der Waals surface area contributed by atoms with Gasteiger partial charge in [-0.1, -0.05) is 25.1 Å². The lowest BCUT2D eigenvalue weighted by Crippen LogP contribution is -2.53. The molecule has 1 heterocycles. The first-order valence-corrected chi connectivity index (χ1v) is 11.4. The number of carbonyl (C=O) groups is 2. The number of aliphatic hydroxyl groups is 1. The Morgan fingerprint density at radius 1 is 1.00 bits per heavy atom. The molecule has 0 aromatic heterocycles. The monoisotopic (exact) mass is 436 g/mol. The molecule has 2 aromatic carbocycles. The minimum absolute atomic E-state index is 0.0319. The van der Waals surface area contributed by atoms with E-state index in [4.69, 9.17) is 5.73 Å². The van der Waals surface area contributed by atoms with Gasteiger partial charge in [0.25, 0.3) is 11.8 Å². The Bertz CT molecular complexity index is 977. The standard InChI is InChI=1S/C25H32N4O3/c1-2-11-27-22-8-7-20(16-21(22)17-26)18-3-5-19(6-4-18)23(30)28-12-14-29(15-13-28)24(31)25(32)9-10-25/h3-8,16,27,32H,2,9-15,17,26H2,1H3. The van der Waals surface area contributed by atoms with Crippen molar-refractivity contribution in [3.8, 4) is 11.1 Å². The van der Waals surface area contributed by atoms with Crippen molar-refractivity contribution in [1.82, 2.24) is 9.80 Å². The molecule has 4 N–H and O–H groups in total. The molecule has 2 aromatic rings. The molecular weight excluding hydrogens is 404 g/mol. The quantitative estimate of drug-likeness (QED) is 0.619. The van der Waals surface area contributed by atoms with E-state index in [0.717, 1.165) is 35.3 Å². The lowest BCUT2D eigenvalue weighted by atomic mass is 10.00. The van der Waals surface area contributed by atoms with E-state index in [1.807, 2.05) is 24.3 Å². The molecule has 1 saturated carbocycles. The smallest absolute Gasteiger partial charge is 0.254 e. The second-order valence-electron chi connectivity index (χ2n) is 8.70. The van der Waals surface area contributed by atoms with Gasteiger partial charge < -0.3 is 26.0 Å². The first-order valence-electron chi connectivity index (χ1n) is 11.4. The third-order valence-electron chi connectivity index (χ3n) is 6.33. The Morgan fingerprint density at radius 3 is 2.22 bits per heavy atom. The number of benzene rings is 2. The van der Waals surface area contributed by atoms with Gasteiger partial charge in [0.2, 0.25) is 0 Å². The van der Waals surface area contributed by atoms with Crippen molar-refractivity contribution in [2.75, 3.05) is 38.0 Å². The molecule has 1 aliphatic heterocycles. The van der Waals surface area contributed by atoms with Gasteiger partial charge in [0.15, 0.2) is 0 Å². The van der Waals surface area contributed by atoms with Crippen LogP contribution in [0.25, 0.3) is 11.1 Å². The summed E-state index contributed by atoms with van der Waals surface area (Å²) in [5.74, 6) is -0.225. The second-order valence-corrected chi connectivity index (χ2v) is 8.70. The van der Waals surface area contributed by atoms with Gasteiger partial charge in [-0.15, -0.1) is 0 Å². The van der Waals surface area contributed by atoms with Gasteiger partial charge in [0.1, 0.15) is 5.60 Å². The topological polar surface area (TPSA) is 98.9 Å². The van der Waals surface area contributed by atoms with Crippen LogP contribution in [-0.4, -0.2) is 65.0 Å². The molecule has 2 fully saturated rings. The minimum atomic E-state index is -1.14. The van der Waals surface area contributed by atoms with Crippen molar-refractivity contribution in [1.29, 1.82) is 0 Å². The highest BCUT2D eigenvalue weighted by molar-refractivity contribution is 5.95. The molecule has 170 valence electrons. The molecule has 0 radical (unpaired) electrons. The van der Waals surface area contributed by atoms with Crippen LogP contribution in [0.2, 0.25) is 0 Å². The van der Waals surface area contributed by atoms with Gasteiger partial charge in [0.05, 0.1) is 0 Å². The number of nitrogens with two attached hydrogens (primary N) is 1. The van der Waals surface area contributed by atoms with Gasteiger partial charge >= 0.3 is 0 Å². The van der Waals surface area contributed by atoms with E-state index < -0.39 is 5.60 Å². The average molecular weight is 437 g/mol. The van der Waals surface area contributed by atoms with Crippen LogP contribution >= 0.6 is 0 Å². The van der Waals surface area contributed by atoms with Crippen LogP contribution in [0.5, 0.6) is 0 Å². The number of piperazine rings is 1. The highest BCUT2D eigenvalue weighted by atomic mass is 16.3. The molecular formula is C25H32N4O3. The van der Waals surface area contributed by atoms with Gasteiger partial charge in [-0.05, 0) is 60.2 Å². The van der Waals surface area contributed by atoms with Crippen LogP contribution in [0.3, 0.4) is 0 Å². The third kappa shape index (κ3) is 4.64. The van der Waals surface area contributed by atoms with Crippen molar-refractivity contribution in [3.05, 3.63) is 53.6 Å². The zero-order chi connectivity index (χ0) is 22.7. The number of nitrogens with one attached hydrogen (secondary N) is 1. The normalized spacial score (nSPS) is 17.2. The maximum atomic E-state index is 12.9. The zero-order valence-electron chi connectivity index (χ0n) is 18.6. The SMILES string of the molecule is CCCNc1ccc(-c2ccc(C(=O)N3CCN(C(=O)C4(O)CC4)CC3)cc2)cc1CN. The summed E-state index contributed by atoms with van der Waals surface area (Å²) in [7, 11) is 0. The zero-order valence-corrected chi connectivity index (χ0v) is 18.6. The number of hydrogen-bond donors (Lipinski definition) is 3. The Kier molecular flexibility index (Phi) is 6.48. The number of hydrogen-bond acceptors (Lipinski definition) is 5. The first-order chi connectivity index (χ1) is 15.4. The largest absolute Gasteiger partial charge is 0.385 e. The molecule has 0 spiro atoms.